The molecule has 0 aliphatic heterocycles. The van der Waals surface area contributed by atoms with E-state index in [0.717, 1.165) is 17.5 Å². The van der Waals surface area contributed by atoms with Gasteiger partial charge >= 0.3 is 0 Å². The molecule has 0 aliphatic carbocycles. The lowest BCUT2D eigenvalue weighted by Crippen LogP contribution is -1.85. The quantitative estimate of drug-likeness (QED) is 0.347. The number of hydrogen-bond acceptors (Lipinski definition) is 3. The molecule has 0 spiro atoms. The summed E-state index contributed by atoms with van der Waals surface area (Å²) >= 11 is 0. The smallest absolute Gasteiger partial charge is 0.248 e. The molecule has 3 aromatic carbocycles. The average molecular weight is 385 g/mol. The number of unbranched alkanes of at least 4 members (excludes halogenated alkanes) is 1. The van der Waals surface area contributed by atoms with Gasteiger partial charge in [0.2, 0.25) is 11.8 Å². The Morgan fingerprint density at radius 3 is 1.66 bits per heavy atom. The monoisotopic (exact) mass is 384 g/mol. The second kappa shape index (κ2) is 10.4. The molecule has 3 heteroatoms. The minimum Gasteiger partial charge on any atom is -0.416 e. The van der Waals surface area contributed by atoms with Crippen molar-refractivity contribution >= 4 is 0 Å². The van der Waals surface area contributed by atoms with Crippen molar-refractivity contribution < 1.29 is 4.42 Å². The van der Waals surface area contributed by atoms with Gasteiger partial charge in [0.1, 0.15) is 0 Å². The van der Waals surface area contributed by atoms with Gasteiger partial charge in [-0.2, -0.15) is 0 Å². The molecule has 0 aliphatic rings. The third-order valence-electron chi connectivity index (χ3n) is 4.68. The highest BCUT2D eigenvalue weighted by Gasteiger charge is 2.10. The molecule has 4 rings (SSSR count). The van der Waals surface area contributed by atoms with E-state index >= 15 is 0 Å². The summed E-state index contributed by atoms with van der Waals surface area (Å²) in [6.45, 7) is 6.22. The lowest BCUT2D eigenvalue weighted by atomic mass is 10.0. The van der Waals surface area contributed by atoms with Gasteiger partial charge in [-0.1, -0.05) is 81.8 Å². The molecule has 29 heavy (non-hydrogen) atoms. The van der Waals surface area contributed by atoms with Crippen LogP contribution in [0.25, 0.3) is 34.0 Å². The fraction of sp³-hybridized carbons (Fsp3) is 0.231. The highest BCUT2D eigenvalue weighted by Crippen LogP contribution is 2.27. The van der Waals surface area contributed by atoms with Crippen LogP contribution in [0.5, 0.6) is 0 Å². The van der Waals surface area contributed by atoms with Gasteiger partial charge in [0.05, 0.1) is 0 Å². The van der Waals surface area contributed by atoms with Gasteiger partial charge in [0.15, 0.2) is 0 Å². The number of hydrogen-bond donors (Lipinski definition) is 0. The van der Waals surface area contributed by atoms with Gasteiger partial charge in [0.25, 0.3) is 0 Å². The number of aromatic nitrogens is 2. The van der Waals surface area contributed by atoms with Crippen molar-refractivity contribution in [2.75, 3.05) is 0 Å². The second-order valence-electron chi connectivity index (χ2n) is 6.66. The average Bonchev–Trinajstić information content (AvgIpc) is 3.30. The maximum absolute atomic E-state index is 5.83. The first-order valence-corrected chi connectivity index (χ1v) is 10.4. The molecule has 148 valence electrons. The molecule has 0 unspecified atom stereocenters. The van der Waals surface area contributed by atoms with E-state index in [9.17, 15) is 0 Å². The van der Waals surface area contributed by atoms with Crippen LogP contribution in [0.4, 0.5) is 0 Å². The first-order valence-electron chi connectivity index (χ1n) is 10.4. The molecule has 0 saturated carbocycles. The minimum absolute atomic E-state index is 0.537. The lowest BCUT2D eigenvalue weighted by Gasteiger charge is -2.05. The van der Waals surface area contributed by atoms with Gasteiger partial charge in [-0.05, 0) is 53.8 Å². The van der Waals surface area contributed by atoms with Gasteiger partial charge < -0.3 is 4.42 Å². The number of nitrogens with zero attached hydrogens (tertiary/aromatic N) is 2. The van der Waals surface area contributed by atoms with E-state index in [-0.39, 0.29) is 0 Å². The van der Waals surface area contributed by atoms with Gasteiger partial charge in [-0.15, -0.1) is 10.2 Å². The zero-order valence-corrected chi connectivity index (χ0v) is 17.4. The van der Waals surface area contributed by atoms with Gasteiger partial charge in [0, 0.05) is 11.1 Å². The van der Waals surface area contributed by atoms with Crippen LogP contribution in [0.2, 0.25) is 0 Å². The van der Waals surface area contributed by atoms with E-state index in [2.05, 4.69) is 53.5 Å². The Labute approximate surface area is 173 Å². The summed E-state index contributed by atoms with van der Waals surface area (Å²) in [6.07, 6.45) is 3.62. The predicted octanol–water partition coefficient (Wildman–Crippen LogP) is 7.44. The third kappa shape index (κ3) is 5.20. The van der Waals surface area contributed by atoms with E-state index in [0.29, 0.717) is 11.8 Å². The molecule has 0 N–H and O–H groups in total. The largest absolute Gasteiger partial charge is 0.416 e. The van der Waals surface area contributed by atoms with Gasteiger partial charge in [-0.3, -0.25) is 0 Å². The molecule has 0 amide bonds. The van der Waals surface area contributed by atoms with Crippen molar-refractivity contribution in [2.24, 2.45) is 0 Å². The van der Waals surface area contributed by atoms with Crippen LogP contribution in [0.3, 0.4) is 0 Å². The standard InChI is InChI=1S/C24H22N2O.C2H6/c1-2-3-7-18-10-12-19(13-11-18)20-14-16-22(17-15-20)24-26-25-23(27-24)21-8-5-4-6-9-21;1-2/h4-6,8-17H,2-3,7H2,1H3;1-2H3. The Hall–Kier alpha value is -3.20. The van der Waals surface area contributed by atoms with E-state index < -0.39 is 0 Å². The SMILES string of the molecule is CC.CCCCc1ccc(-c2ccc(-c3nnc(-c4ccccc4)o3)cc2)cc1. The maximum Gasteiger partial charge on any atom is 0.248 e. The highest BCUT2D eigenvalue weighted by molar-refractivity contribution is 5.68. The van der Waals surface area contributed by atoms with Crippen molar-refractivity contribution in [3.05, 3.63) is 84.4 Å². The second-order valence-corrected chi connectivity index (χ2v) is 6.66. The normalized spacial score (nSPS) is 10.3. The van der Waals surface area contributed by atoms with E-state index in [1.165, 1.54) is 29.5 Å². The minimum atomic E-state index is 0.537. The topological polar surface area (TPSA) is 38.9 Å². The molecular weight excluding hydrogens is 356 g/mol. The summed E-state index contributed by atoms with van der Waals surface area (Å²) in [4.78, 5) is 0. The fourth-order valence-corrected chi connectivity index (χ4v) is 3.09. The van der Waals surface area contributed by atoms with Crippen LogP contribution in [0, 0.1) is 0 Å². The van der Waals surface area contributed by atoms with Crippen molar-refractivity contribution in [1.29, 1.82) is 0 Å². The predicted molar refractivity (Wildman–Crippen MR) is 121 cm³/mol. The summed E-state index contributed by atoms with van der Waals surface area (Å²) in [5.41, 5.74) is 5.65. The molecule has 1 aromatic heterocycles. The molecule has 0 radical (unpaired) electrons. The van der Waals surface area contributed by atoms with E-state index in [1.54, 1.807) is 0 Å². The Morgan fingerprint density at radius 1 is 0.621 bits per heavy atom. The van der Waals surface area contributed by atoms with Crippen LogP contribution in [0.1, 0.15) is 39.2 Å². The summed E-state index contributed by atoms with van der Waals surface area (Å²) in [6, 6.07) is 26.9. The lowest BCUT2D eigenvalue weighted by molar-refractivity contribution is 0.584. The molecule has 3 nitrogen and oxygen atoms in total. The summed E-state index contributed by atoms with van der Waals surface area (Å²) in [7, 11) is 0. The molecule has 1 heterocycles. The van der Waals surface area contributed by atoms with Crippen molar-refractivity contribution in [3.8, 4) is 34.0 Å². The zero-order valence-electron chi connectivity index (χ0n) is 17.4. The number of rotatable bonds is 6. The molecule has 0 bridgehead atoms. The Kier molecular flexibility index (Phi) is 7.34. The number of benzene rings is 3. The van der Waals surface area contributed by atoms with Crippen LogP contribution >= 0.6 is 0 Å². The fourth-order valence-electron chi connectivity index (χ4n) is 3.09. The summed E-state index contributed by atoms with van der Waals surface area (Å²) in [5.74, 6) is 1.08. The maximum atomic E-state index is 5.83. The first kappa shape index (κ1) is 20.5. The Bertz CT molecular complexity index is 987. The van der Waals surface area contributed by atoms with Crippen molar-refractivity contribution in [3.63, 3.8) is 0 Å². The zero-order chi connectivity index (χ0) is 20.5. The number of aryl methyl sites for hydroxylation is 1. The Balaban J connectivity index is 0.00000117. The van der Waals surface area contributed by atoms with Crippen LogP contribution in [-0.4, -0.2) is 10.2 Å². The Morgan fingerprint density at radius 2 is 1.10 bits per heavy atom. The van der Waals surface area contributed by atoms with E-state index in [4.69, 9.17) is 4.42 Å². The molecule has 0 atom stereocenters. The van der Waals surface area contributed by atoms with Crippen LogP contribution in [0.15, 0.2) is 83.3 Å². The van der Waals surface area contributed by atoms with Gasteiger partial charge in [-0.25, -0.2) is 0 Å². The molecule has 4 aromatic rings. The van der Waals surface area contributed by atoms with Crippen molar-refractivity contribution in [1.82, 2.24) is 10.2 Å². The van der Waals surface area contributed by atoms with E-state index in [1.807, 2.05) is 56.3 Å². The molecule has 0 saturated heterocycles. The molecular formula is C26H28N2O. The highest BCUT2D eigenvalue weighted by atomic mass is 16.4. The van der Waals surface area contributed by atoms with Crippen LogP contribution in [-0.2, 0) is 6.42 Å². The third-order valence-corrected chi connectivity index (χ3v) is 4.68. The summed E-state index contributed by atoms with van der Waals surface area (Å²) in [5, 5.41) is 8.35. The summed E-state index contributed by atoms with van der Waals surface area (Å²) < 4.78 is 5.83. The van der Waals surface area contributed by atoms with Crippen LogP contribution < -0.4 is 0 Å². The van der Waals surface area contributed by atoms with Crippen molar-refractivity contribution in [2.45, 2.75) is 40.0 Å². The molecule has 0 fully saturated rings. The first-order chi connectivity index (χ1) is 14.3.